The molecule has 3 atom stereocenters. The lowest BCUT2D eigenvalue weighted by Gasteiger charge is -2.29. The van der Waals surface area contributed by atoms with E-state index in [2.05, 4.69) is 62.4 Å². The summed E-state index contributed by atoms with van der Waals surface area (Å²) in [6, 6.07) is 32.6. The van der Waals surface area contributed by atoms with E-state index in [0.717, 1.165) is 49.1 Å². The number of benzene rings is 4. The summed E-state index contributed by atoms with van der Waals surface area (Å²) >= 11 is 0. The van der Waals surface area contributed by atoms with Gasteiger partial charge in [-0.1, -0.05) is 48.5 Å². The molecule has 2 aliphatic rings. The number of aliphatic hydroxyl groups excluding tert-OH is 1. The van der Waals surface area contributed by atoms with Crippen molar-refractivity contribution in [2.45, 2.75) is 76.5 Å². The van der Waals surface area contributed by atoms with Crippen LogP contribution in [0, 0.1) is 0 Å². The SMILES string of the molecule is CC(C)(CC(O)COc1ccc(Cc2ccc(OC(C)(C)C3CO3)cc2)cc1)Oc1ccc(Cc2ccc(OCC3CO3)cc2)cc1. The Kier molecular flexibility index (Phi) is 10.1. The first-order valence-corrected chi connectivity index (χ1v) is 16.5. The van der Waals surface area contributed by atoms with Crippen LogP contribution in [0.1, 0.15) is 56.4 Å². The maximum Gasteiger partial charge on any atom is 0.132 e. The summed E-state index contributed by atoms with van der Waals surface area (Å²) in [6.07, 6.45) is 1.81. The molecule has 0 saturated carbocycles. The monoisotopic (exact) mass is 638 g/mol. The van der Waals surface area contributed by atoms with E-state index < -0.39 is 11.7 Å². The lowest BCUT2D eigenvalue weighted by Crippen LogP contribution is -2.35. The second kappa shape index (κ2) is 14.4. The lowest BCUT2D eigenvalue weighted by atomic mass is 10.0. The quantitative estimate of drug-likeness (QED) is 0.123. The molecule has 6 rings (SSSR count). The van der Waals surface area contributed by atoms with Crippen LogP contribution in [0.5, 0.6) is 23.0 Å². The van der Waals surface area contributed by atoms with Crippen LogP contribution in [0.2, 0.25) is 0 Å². The predicted molar refractivity (Wildman–Crippen MR) is 182 cm³/mol. The largest absolute Gasteiger partial charge is 0.491 e. The molecule has 7 heteroatoms. The third-order valence-corrected chi connectivity index (χ3v) is 8.40. The third kappa shape index (κ3) is 10.2. The highest BCUT2D eigenvalue weighted by Crippen LogP contribution is 2.30. The van der Waals surface area contributed by atoms with Gasteiger partial charge in [-0.15, -0.1) is 0 Å². The van der Waals surface area contributed by atoms with Crippen molar-refractivity contribution in [3.8, 4) is 23.0 Å². The zero-order chi connectivity index (χ0) is 32.9. The minimum Gasteiger partial charge on any atom is -0.491 e. The van der Waals surface area contributed by atoms with Crippen molar-refractivity contribution in [2.24, 2.45) is 0 Å². The van der Waals surface area contributed by atoms with Crippen molar-refractivity contribution >= 4 is 0 Å². The minimum atomic E-state index is -0.676. The topological polar surface area (TPSA) is 82.2 Å². The van der Waals surface area contributed by atoms with Gasteiger partial charge >= 0.3 is 0 Å². The summed E-state index contributed by atoms with van der Waals surface area (Å²) in [7, 11) is 0. The van der Waals surface area contributed by atoms with Crippen LogP contribution in [0.4, 0.5) is 0 Å². The zero-order valence-electron chi connectivity index (χ0n) is 27.8. The van der Waals surface area contributed by atoms with Gasteiger partial charge in [0.15, 0.2) is 0 Å². The normalized spacial score (nSPS) is 17.9. The lowest BCUT2D eigenvalue weighted by molar-refractivity contribution is 0.0175. The second-order valence-corrected chi connectivity index (χ2v) is 13.8. The van der Waals surface area contributed by atoms with Gasteiger partial charge in [0.25, 0.3) is 0 Å². The Morgan fingerprint density at radius 1 is 0.617 bits per heavy atom. The van der Waals surface area contributed by atoms with Gasteiger partial charge in [0.05, 0.1) is 19.3 Å². The molecule has 47 heavy (non-hydrogen) atoms. The van der Waals surface area contributed by atoms with Crippen molar-refractivity contribution in [2.75, 3.05) is 26.4 Å². The summed E-state index contributed by atoms with van der Waals surface area (Å²) in [5.41, 5.74) is 3.90. The van der Waals surface area contributed by atoms with E-state index in [9.17, 15) is 5.11 Å². The molecule has 0 aliphatic carbocycles. The number of aliphatic hydroxyl groups is 1. The van der Waals surface area contributed by atoms with Crippen molar-refractivity contribution in [3.63, 3.8) is 0 Å². The second-order valence-electron chi connectivity index (χ2n) is 13.8. The molecular formula is C40H46O7. The molecule has 3 unspecified atom stereocenters. The summed E-state index contributed by atoms with van der Waals surface area (Å²) in [5, 5.41) is 10.8. The Balaban J connectivity index is 0.911. The van der Waals surface area contributed by atoms with Gasteiger partial charge in [-0.05, 0) is 111 Å². The molecule has 2 fully saturated rings. The predicted octanol–water partition coefficient (Wildman–Crippen LogP) is 7.19. The Labute approximate surface area is 278 Å². The zero-order valence-corrected chi connectivity index (χ0v) is 27.8. The van der Waals surface area contributed by atoms with E-state index in [0.29, 0.717) is 13.0 Å². The molecule has 0 radical (unpaired) electrons. The Morgan fingerprint density at radius 2 is 1.04 bits per heavy atom. The van der Waals surface area contributed by atoms with Gasteiger partial charge in [-0.2, -0.15) is 0 Å². The van der Waals surface area contributed by atoms with Crippen LogP contribution in [0.3, 0.4) is 0 Å². The molecule has 2 aliphatic heterocycles. The number of ether oxygens (including phenoxy) is 6. The van der Waals surface area contributed by atoms with Crippen molar-refractivity contribution < 1.29 is 33.5 Å². The van der Waals surface area contributed by atoms with Crippen LogP contribution in [0.15, 0.2) is 97.1 Å². The van der Waals surface area contributed by atoms with Crippen LogP contribution in [-0.2, 0) is 22.3 Å². The highest BCUT2D eigenvalue weighted by molar-refractivity contribution is 5.36. The number of epoxide rings is 2. The molecule has 0 aromatic heterocycles. The number of rotatable bonds is 17. The molecule has 0 bridgehead atoms. The van der Waals surface area contributed by atoms with Crippen molar-refractivity contribution in [1.29, 1.82) is 0 Å². The number of hydrogen-bond donors (Lipinski definition) is 1. The van der Waals surface area contributed by atoms with E-state index in [1.807, 2.05) is 62.4 Å². The van der Waals surface area contributed by atoms with E-state index in [1.165, 1.54) is 22.3 Å². The first-order chi connectivity index (χ1) is 22.6. The van der Waals surface area contributed by atoms with Crippen LogP contribution < -0.4 is 18.9 Å². The maximum atomic E-state index is 10.8. The molecular weight excluding hydrogens is 592 g/mol. The average molecular weight is 639 g/mol. The fraction of sp³-hybridized carbons (Fsp3) is 0.400. The summed E-state index contributed by atoms with van der Waals surface area (Å²) in [4.78, 5) is 0. The smallest absolute Gasteiger partial charge is 0.132 e. The number of hydrogen-bond acceptors (Lipinski definition) is 7. The van der Waals surface area contributed by atoms with E-state index in [-0.39, 0.29) is 24.4 Å². The fourth-order valence-corrected chi connectivity index (χ4v) is 5.58. The molecule has 0 spiro atoms. The van der Waals surface area contributed by atoms with Gasteiger partial charge in [0, 0.05) is 6.42 Å². The first kappa shape index (κ1) is 32.9. The van der Waals surface area contributed by atoms with Crippen molar-refractivity contribution in [1.82, 2.24) is 0 Å². The molecule has 4 aromatic rings. The maximum absolute atomic E-state index is 10.8. The Morgan fingerprint density at radius 3 is 1.49 bits per heavy atom. The molecule has 7 nitrogen and oxygen atoms in total. The Bertz CT molecular complexity index is 1550. The van der Waals surface area contributed by atoms with E-state index >= 15 is 0 Å². The third-order valence-electron chi connectivity index (χ3n) is 8.40. The average Bonchev–Trinajstić information content (AvgIpc) is 3.96. The van der Waals surface area contributed by atoms with E-state index in [1.54, 1.807) is 0 Å². The van der Waals surface area contributed by atoms with Gasteiger partial charge in [-0.25, -0.2) is 0 Å². The van der Waals surface area contributed by atoms with Crippen LogP contribution in [-0.4, -0.2) is 61.0 Å². The van der Waals surface area contributed by atoms with Gasteiger partial charge in [0.1, 0.15) is 59.6 Å². The van der Waals surface area contributed by atoms with Crippen LogP contribution in [0.25, 0.3) is 0 Å². The molecule has 1 N–H and O–H groups in total. The summed E-state index contributed by atoms with van der Waals surface area (Å²) < 4.78 is 34.6. The summed E-state index contributed by atoms with van der Waals surface area (Å²) in [5.74, 6) is 3.21. The molecule has 2 saturated heterocycles. The van der Waals surface area contributed by atoms with Gasteiger partial charge < -0.3 is 33.5 Å². The molecule has 4 aromatic carbocycles. The van der Waals surface area contributed by atoms with Gasteiger partial charge in [0.2, 0.25) is 0 Å². The van der Waals surface area contributed by atoms with Crippen molar-refractivity contribution in [3.05, 3.63) is 119 Å². The standard InChI is InChI=1S/C40H46O7/c1-39(2,46-35-17-9-30(10-18-35)21-29-7-15-34(16-8-29)43-25-37-26-44-37)23-32(41)24-42-33-13-5-28(6-14-33)22-31-11-19-36(20-12-31)47-40(3,4)38-27-45-38/h5-20,32,37-38,41H,21-27H2,1-4H3. The van der Waals surface area contributed by atoms with E-state index in [4.69, 9.17) is 28.4 Å². The molecule has 2 heterocycles. The first-order valence-electron chi connectivity index (χ1n) is 16.5. The molecule has 0 amide bonds. The highest BCUT2D eigenvalue weighted by Gasteiger charge is 2.41. The summed E-state index contributed by atoms with van der Waals surface area (Å²) in [6.45, 7) is 10.4. The minimum absolute atomic E-state index is 0.169. The van der Waals surface area contributed by atoms with Gasteiger partial charge in [-0.3, -0.25) is 0 Å². The fourth-order valence-electron chi connectivity index (χ4n) is 5.58. The van der Waals surface area contributed by atoms with Crippen LogP contribution >= 0.6 is 0 Å². The Hall–Kier alpha value is -4.04. The highest BCUT2D eigenvalue weighted by atomic mass is 16.6. The molecule has 248 valence electrons.